The summed E-state index contributed by atoms with van der Waals surface area (Å²) in [5.41, 5.74) is 1.79. The zero-order valence-electron chi connectivity index (χ0n) is 24.5. The number of carbonyl (C=O) groups is 2. The average molecular weight is 527 g/mol. The summed E-state index contributed by atoms with van der Waals surface area (Å²) in [6.45, 7) is 17.3. The van der Waals surface area contributed by atoms with E-state index in [9.17, 15) is 9.59 Å². The van der Waals surface area contributed by atoms with Gasteiger partial charge in [-0.05, 0) is 103 Å². The van der Waals surface area contributed by atoms with Crippen molar-refractivity contribution in [1.29, 1.82) is 0 Å². The van der Waals surface area contributed by atoms with Crippen LogP contribution < -0.4 is 10.2 Å². The predicted molar refractivity (Wildman–Crippen MR) is 151 cm³/mol. The molecule has 2 amide bonds. The van der Waals surface area contributed by atoms with E-state index in [1.54, 1.807) is 0 Å². The number of pyridine rings is 1. The van der Waals surface area contributed by atoms with Crippen molar-refractivity contribution in [1.82, 2.24) is 9.88 Å². The van der Waals surface area contributed by atoms with Gasteiger partial charge in [-0.1, -0.05) is 19.9 Å². The molecule has 2 bridgehead atoms. The number of nitrogens with zero attached hydrogens (tertiary/aromatic N) is 3. The van der Waals surface area contributed by atoms with Gasteiger partial charge in [-0.2, -0.15) is 0 Å². The van der Waals surface area contributed by atoms with Crippen LogP contribution in [-0.4, -0.2) is 58.4 Å². The van der Waals surface area contributed by atoms with Gasteiger partial charge in [0.1, 0.15) is 17.0 Å². The normalized spacial score (nSPS) is 23.4. The second-order valence-corrected chi connectivity index (χ2v) is 13.8. The van der Waals surface area contributed by atoms with E-state index in [1.807, 2.05) is 58.6 Å². The van der Waals surface area contributed by atoms with Crippen molar-refractivity contribution in [3.63, 3.8) is 0 Å². The Morgan fingerprint density at radius 3 is 2.18 bits per heavy atom. The standard InChI is InChI=1S/C30H46N4O4/c1-28(2,3)37-26(35)31-23-12-13-24(32-25(23)20-14-16-30(7,8)17-15-20)33-18-21-10-9-11-22(19-33)34(21)27(36)38-29(4,5)6/h12-14,21-22H,9-11,15-19H2,1-8H3,(H,31,35). The maximum absolute atomic E-state index is 13.0. The number of amides is 2. The molecule has 0 radical (unpaired) electrons. The van der Waals surface area contributed by atoms with Gasteiger partial charge in [0, 0.05) is 13.1 Å². The Morgan fingerprint density at radius 1 is 1.00 bits per heavy atom. The van der Waals surface area contributed by atoms with Gasteiger partial charge >= 0.3 is 12.2 Å². The number of anilines is 2. The molecular weight excluding hydrogens is 480 g/mol. The van der Waals surface area contributed by atoms with E-state index < -0.39 is 17.3 Å². The van der Waals surface area contributed by atoms with Crippen LogP contribution in [0.2, 0.25) is 0 Å². The summed E-state index contributed by atoms with van der Waals surface area (Å²) in [4.78, 5) is 35.1. The SMILES string of the molecule is CC1(C)CC=C(c2nc(N3CC4CCCC(C3)N4C(=O)OC(C)(C)C)ccc2NC(=O)OC(C)(C)C)CC1. The quantitative estimate of drug-likeness (QED) is 0.456. The molecule has 38 heavy (non-hydrogen) atoms. The Bertz CT molecular complexity index is 1070. The number of piperidine rings is 1. The van der Waals surface area contributed by atoms with Gasteiger partial charge in [0.05, 0.1) is 23.5 Å². The molecule has 2 unspecified atom stereocenters. The maximum Gasteiger partial charge on any atom is 0.412 e. The van der Waals surface area contributed by atoms with Crippen molar-refractivity contribution in [2.24, 2.45) is 5.41 Å². The van der Waals surface area contributed by atoms with Crippen molar-refractivity contribution in [2.45, 2.75) is 117 Å². The zero-order valence-corrected chi connectivity index (χ0v) is 24.5. The number of allylic oxidation sites excluding steroid dienone is 2. The minimum absolute atomic E-state index is 0.0943. The molecule has 1 aliphatic carbocycles. The van der Waals surface area contributed by atoms with Crippen LogP contribution >= 0.6 is 0 Å². The van der Waals surface area contributed by atoms with Crippen LogP contribution in [-0.2, 0) is 9.47 Å². The molecule has 2 saturated heterocycles. The fourth-order valence-corrected chi connectivity index (χ4v) is 5.58. The van der Waals surface area contributed by atoms with Crippen LogP contribution in [0.15, 0.2) is 18.2 Å². The van der Waals surface area contributed by atoms with Crippen molar-refractivity contribution in [3.8, 4) is 0 Å². The number of fused-ring (bicyclic) bond motifs is 2. The van der Waals surface area contributed by atoms with Gasteiger partial charge in [0.15, 0.2) is 0 Å². The lowest BCUT2D eigenvalue weighted by Gasteiger charge is -2.50. The van der Waals surface area contributed by atoms with Crippen molar-refractivity contribution < 1.29 is 19.1 Å². The third-order valence-corrected chi connectivity index (χ3v) is 7.44. The van der Waals surface area contributed by atoms with Crippen LogP contribution in [0.1, 0.15) is 99.6 Å². The average Bonchev–Trinajstić information content (AvgIpc) is 2.76. The molecule has 8 nitrogen and oxygen atoms in total. The third kappa shape index (κ3) is 7.00. The molecule has 0 spiro atoms. The van der Waals surface area contributed by atoms with E-state index in [1.165, 1.54) is 0 Å². The van der Waals surface area contributed by atoms with E-state index in [0.29, 0.717) is 18.8 Å². The summed E-state index contributed by atoms with van der Waals surface area (Å²) in [5, 5.41) is 2.95. The number of carbonyl (C=O) groups excluding carboxylic acids is 2. The molecule has 2 atom stereocenters. The Labute approximate surface area is 228 Å². The topological polar surface area (TPSA) is 84.0 Å². The Hall–Kier alpha value is -2.77. The summed E-state index contributed by atoms with van der Waals surface area (Å²) in [5.74, 6) is 0.876. The highest BCUT2D eigenvalue weighted by Gasteiger charge is 2.42. The number of hydrogen-bond donors (Lipinski definition) is 1. The maximum atomic E-state index is 13.0. The lowest BCUT2D eigenvalue weighted by molar-refractivity contribution is -0.00978. The molecule has 0 aromatic carbocycles. The summed E-state index contributed by atoms with van der Waals surface area (Å²) < 4.78 is 11.3. The predicted octanol–water partition coefficient (Wildman–Crippen LogP) is 7.00. The molecule has 3 aliphatic rings. The number of hydrogen-bond acceptors (Lipinski definition) is 6. The van der Waals surface area contributed by atoms with Gasteiger partial charge in [0.2, 0.25) is 0 Å². The van der Waals surface area contributed by atoms with E-state index >= 15 is 0 Å². The molecule has 3 heterocycles. The van der Waals surface area contributed by atoms with Gasteiger partial charge in [-0.3, -0.25) is 10.2 Å². The first-order valence-electron chi connectivity index (χ1n) is 14.1. The molecule has 1 N–H and O–H groups in total. The highest BCUT2D eigenvalue weighted by atomic mass is 16.6. The lowest BCUT2D eigenvalue weighted by Crippen LogP contribution is -2.63. The Morgan fingerprint density at radius 2 is 1.63 bits per heavy atom. The lowest BCUT2D eigenvalue weighted by atomic mass is 9.77. The Kier molecular flexibility index (Phi) is 7.74. The second kappa shape index (κ2) is 10.4. The smallest absolute Gasteiger partial charge is 0.412 e. The summed E-state index contributed by atoms with van der Waals surface area (Å²) in [7, 11) is 0. The molecule has 1 aromatic rings. The third-order valence-electron chi connectivity index (χ3n) is 7.44. The fourth-order valence-electron chi connectivity index (χ4n) is 5.58. The number of aromatic nitrogens is 1. The van der Waals surface area contributed by atoms with Gasteiger partial charge in [-0.25, -0.2) is 14.6 Å². The molecule has 2 aliphatic heterocycles. The molecule has 0 saturated carbocycles. The van der Waals surface area contributed by atoms with Crippen LogP contribution in [0.4, 0.5) is 21.1 Å². The van der Waals surface area contributed by atoms with Crippen LogP contribution in [0.5, 0.6) is 0 Å². The molecule has 210 valence electrons. The first-order valence-corrected chi connectivity index (χ1v) is 14.1. The summed E-state index contributed by atoms with van der Waals surface area (Å²) >= 11 is 0. The van der Waals surface area contributed by atoms with Gasteiger partial charge in [-0.15, -0.1) is 0 Å². The molecule has 2 fully saturated rings. The first-order chi connectivity index (χ1) is 17.6. The van der Waals surface area contributed by atoms with Crippen LogP contribution in [0.3, 0.4) is 0 Å². The number of nitrogens with one attached hydrogen (secondary N) is 1. The molecule has 8 heteroatoms. The minimum atomic E-state index is -0.586. The van der Waals surface area contributed by atoms with Crippen LogP contribution in [0.25, 0.3) is 5.57 Å². The number of rotatable bonds is 3. The fraction of sp³-hybridized carbons (Fsp3) is 0.700. The molecule has 4 rings (SSSR count). The highest BCUT2D eigenvalue weighted by Crippen LogP contribution is 2.40. The molecule has 1 aromatic heterocycles. The zero-order chi connectivity index (χ0) is 27.9. The summed E-state index contributed by atoms with van der Waals surface area (Å²) in [6, 6.07) is 4.11. The summed E-state index contributed by atoms with van der Waals surface area (Å²) in [6.07, 6.45) is 7.54. The van der Waals surface area contributed by atoms with Gasteiger partial charge in [0.25, 0.3) is 0 Å². The number of ether oxygens (including phenoxy) is 2. The Balaban J connectivity index is 1.60. The van der Waals surface area contributed by atoms with E-state index in [2.05, 4.69) is 30.1 Å². The van der Waals surface area contributed by atoms with E-state index in [-0.39, 0.29) is 23.6 Å². The number of piperazine rings is 1. The van der Waals surface area contributed by atoms with Crippen molar-refractivity contribution in [2.75, 3.05) is 23.3 Å². The van der Waals surface area contributed by atoms with Gasteiger partial charge < -0.3 is 14.4 Å². The first kappa shape index (κ1) is 28.2. The van der Waals surface area contributed by atoms with E-state index in [4.69, 9.17) is 14.5 Å². The molecular formula is C30H46N4O4. The minimum Gasteiger partial charge on any atom is -0.444 e. The van der Waals surface area contributed by atoms with Crippen molar-refractivity contribution >= 4 is 29.3 Å². The van der Waals surface area contributed by atoms with Crippen molar-refractivity contribution in [3.05, 3.63) is 23.9 Å². The van der Waals surface area contributed by atoms with Crippen LogP contribution in [0, 0.1) is 5.41 Å². The largest absolute Gasteiger partial charge is 0.444 e. The van der Waals surface area contributed by atoms with E-state index in [0.717, 1.165) is 55.6 Å². The monoisotopic (exact) mass is 526 g/mol. The second-order valence-electron chi connectivity index (χ2n) is 13.8. The highest BCUT2D eigenvalue weighted by molar-refractivity contribution is 5.89.